The van der Waals surface area contributed by atoms with Crippen molar-refractivity contribution >= 4 is 11.6 Å². The minimum atomic E-state index is 0.609. The average Bonchev–Trinajstić information content (AvgIpc) is 2.90. The molecule has 1 aliphatic heterocycles. The van der Waals surface area contributed by atoms with Crippen molar-refractivity contribution in [3.05, 3.63) is 28.3 Å². The number of rotatable bonds is 8. The summed E-state index contributed by atoms with van der Waals surface area (Å²) in [6.07, 6.45) is 5.63. The number of nitrogens with one attached hydrogen (secondary N) is 1. The van der Waals surface area contributed by atoms with E-state index in [0.29, 0.717) is 12.0 Å². The molecule has 1 aliphatic rings. The number of benzene rings is 1. The lowest BCUT2D eigenvalue weighted by atomic mass is 9.96. The van der Waals surface area contributed by atoms with Gasteiger partial charge in [0.2, 0.25) is 0 Å². The summed E-state index contributed by atoms with van der Waals surface area (Å²) in [5, 5.41) is 4.51. The van der Waals surface area contributed by atoms with E-state index in [2.05, 4.69) is 32.2 Å². The lowest BCUT2D eigenvalue weighted by Gasteiger charge is -2.22. The first-order valence-corrected chi connectivity index (χ1v) is 8.67. The molecule has 1 aromatic carbocycles. The van der Waals surface area contributed by atoms with Crippen molar-refractivity contribution in [1.82, 2.24) is 5.32 Å². The molecule has 0 saturated heterocycles. The van der Waals surface area contributed by atoms with Crippen molar-refractivity contribution in [2.45, 2.75) is 58.9 Å². The smallest absolute Gasteiger partial charge is 0.125 e. The number of halogens is 1. The van der Waals surface area contributed by atoms with Crippen LogP contribution < -0.4 is 10.1 Å². The van der Waals surface area contributed by atoms with E-state index in [-0.39, 0.29) is 0 Å². The van der Waals surface area contributed by atoms with E-state index in [1.165, 1.54) is 30.4 Å². The summed E-state index contributed by atoms with van der Waals surface area (Å²) in [5.74, 6) is 1.78. The zero-order valence-electron chi connectivity index (χ0n) is 13.5. The molecular weight excluding hydrogens is 282 g/mol. The van der Waals surface area contributed by atoms with Gasteiger partial charge in [-0.05, 0) is 61.4 Å². The first-order valence-electron chi connectivity index (χ1n) is 8.29. The second-order valence-corrected chi connectivity index (χ2v) is 6.78. The molecule has 1 heterocycles. The van der Waals surface area contributed by atoms with Gasteiger partial charge in [-0.15, -0.1) is 0 Å². The first kappa shape index (κ1) is 16.6. The number of ether oxygens (including phenoxy) is 1. The van der Waals surface area contributed by atoms with E-state index in [1.54, 1.807) is 0 Å². The number of aryl methyl sites for hydroxylation is 1. The Labute approximate surface area is 134 Å². The molecule has 0 aliphatic carbocycles. The van der Waals surface area contributed by atoms with Crippen LogP contribution in [0.25, 0.3) is 0 Å². The molecule has 0 fully saturated rings. The fraction of sp³-hybridized carbons (Fsp3) is 0.667. The molecule has 1 N–H and O–H groups in total. The molecule has 118 valence electrons. The predicted molar refractivity (Wildman–Crippen MR) is 90.5 cm³/mol. The van der Waals surface area contributed by atoms with Gasteiger partial charge in [0.15, 0.2) is 0 Å². The minimum absolute atomic E-state index is 0.609. The fourth-order valence-electron chi connectivity index (χ4n) is 3.04. The van der Waals surface area contributed by atoms with E-state index in [9.17, 15) is 0 Å². The molecule has 2 rings (SSSR count). The molecule has 2 nitrogen and oxygen atoms in total. The van der Waals surface area contributed by atoms with Crippen LogP contribution in [0.3, 0.4) is 0 Å². The third-order valence-electron chi connectivity index (χ3n) is 4.25. The normalized spacial score (nSPS) is 15.1. The largest absolute Gasteiger partial charge is 0.493 e. The summed E-state index contributed by atoms with van der Waals surface area (Å²) in [5.41, 5.74) is 2.56. The van der Waals surface area contributed by atoms with Gasteiger partial charge in [0, 0.05) is 17.5 Å². The third-order valence-corrected chi connectivity index (χ3v) is 4.47. The summed E-state index contributed by atoms with van der Waals surface area (Å²) in [7, 11) is 0. The Morgan fingerprint density at radius 3 is 2.86 bits per heavy atom. The van der Waals surface area contributed by atoms with Crippen LogP contribution >= 0.6 is 11.6 Å². The van der Waals surface area contributed by atoms with Gasteiger partial charge in [0.05, 0.1) is 6.61 Å². The molecule has 21 heavy (non-hydrogen) atoms. The minimum Gasteiger partial charge on any atom is -0.493 e. The number of fused-ring (bicyclic) bond motifs is 1. The Kier molecular flexibility index (Phi) is 6.38. The number of hydrogen-bond acceptors (Lipinski definition) is 2. The van der Waals surface area contributed by atoms with Gasteiger partial charge >= 0.3 is 0 Å². The van der Waals surface area contributed by atoms with Crippen molar-refractivity contribution in [2.75, 3.05) is 13.2 Å². The summed E-state index contributed by atoms with van der Waals surface area (Å²) in [6, 6.07) is 4.74. The van der Waals surface area contributed by atoms with Crippen LogP contribution in [0.4, 0.5) is 0 Å². The van der Waals surface area contributed by atoms with Crippen molar-refractivity contribution in [3.8, 4) is 5.75 Å². The summed E-state index contributed by atoms with van der Waals surface area (Å²) in [4.78, 5) is 0. The molecule has 0 spiro atoms. The van der Waals surface area contributed by atoms with Gasteiger partial charge in [-0.2, -0.15) is 0 Å². The Morgan fingerprint density at radius 1 is 1.33 bits per heavy atom. The summed E-state index contributed by atoms with van der Waals surface area (Å²) in [6.45, 7) is 8.73. The maximum absolute atomic E-state index is 6.22. The fourth-order valence-corrected chi connectivity index (χ4v) is 3.31. The second-order valence-electron chi connectivity index (χ2n) is 6.35. The molecule has 1 atom stereocenters. The molecule has 0 saturated carbocycles. The van der Waals surface area contributed by atoms with E-state index < -0.39 is 0 Å². The zero-order valence-corrected chi connectivity index (χ0v) is 14.3. The second kappa shape index (κ2) is 8.05. The predicted octanol–water partition coefficient (Wildman–Crippen LogP) is 4.62. The van der Waals surface area contributed by atoms with Crippen LogP contribution in [0.2, 0.25) is 5.02 Å². The maximum Gasteiger partial charge on any atom is 0.125 e. The molecule has 1 unspecified atom stereocenters. The van der Waals surface area contributed by atoms with Gasteiger partial charge in [0.1, 0.15) is 5.75 Å². The van der Waals surface area contributed by atoms with Crippen LogP contribution in [0, 0.1) is 5.92 Å². The van der Waals surface area contributed by atoms with Crippen LogP contribution in [0.5, 0.6) is 5.75 Å². The quantitative estimate of drug-likeness (QED) is 0.756. The summed E-state index contributed by atoms with van der Waals surface area (Å²) < 4.78 is 5.78. The SMILES string of the molecule is CCCNC(CCCc1cc(Cl)cc2c1OCC2)C(C)C. The van der Waals surface area contributed by atoms with E-state index in [4.69, 9.17) is 16.3 Å². The molecule has 0 bridgehead atoms. The monoisotopic (exact) mass is 309 g/mol. The highest BCUT2D eigenvalue weighted by Gasteiger charge is 2.18. The van der Waals surface area contributed by atoms with Crippen LogP contribution in [-0.2, 0) is 12.8 Å². The first-order chi connectivity index (χ1) is 10.1. The molecular formula is C18H28ClNO. The van der Waals surface area contributed by atoms with Crippen LogP contribution in [0.1, 0.15) is 51.2 Å². The third kappa shape index (κ3) is 4.62. The Bertz CT molecular complexity index is 459. The Morgan fingerprint density at radius 2 is 2.14 bits per heavy atom. The highest BCUT2D eigenvalue weighted by molar-refractivity contribution is 6.30. The van der Waals surface area contributed by atoms with E-state index >= 15 is 0 Å². The van der Waals surface area contributed by atoms with Gasteiger partial charge in [-0.25, -0.2) is 0 Å². The highest BCUT2D eigenvalue weighted by atomic mass is 35.5. The van der Waals surface area contributed by atoms with Crippen LogP contribution in [-0.4, -0.2) is 19.2 Å². The maximum atomic E-state index is 6.22. The Hall–Kier alpha value is -0.730. The topological polar surface area (TPSA) is 21.3 Å². The van der Waals surface area contributed by atoms with E-state index in [1.807, 2.05) is 6.07 Å². The van der Waals surface area contributed by atoms with Gasteiger partial charge < -0.3 is 10.1 Å². The van der Waals surface area contributed by atoms with Crippen molar-refractivity contribution in [2.24, 2.45) is 5.92 Å². The van der Waals surface area contributed by atoms with Crippen molar-refractivity contribution in [1.29, 1.82) is 0 Å². The average molecular weight is 310 g/mol. The lowest BCUT2D eigenvalue weighted by molar-refractivity contribution is 0.349. The molecule has 3 heteroatoms. The molecule has 1 aromatic rings. The van der Waals surface area contributed by atoms with Gasteiger partial charge in [0.25, 0.3) is 0 Å². The zero-order chi connectivity index (χ0) is 15.2. The van der Waals surface area contributed by atoms with Crippen molar-refractivity contribution < 1.29 is 4.74 Å². The summed E-state index contributed by atoms with van der Waals surface area (Å²) >= 11 is 6.22. The van der Waals surface area contributed by atoms with Crippen molar-refractivity contribution in [3.63, 3.8) is 0 Å². The molecule has 0 radical (unpaired) electrons. The highest BCUT2D eigenvalue weighted by Crippen LogP contribution is 2.33. The molecule has 0 amide bonds. The number of hydrogen-bond donors (Lipinski definition) is 1. The Balaban J connectivity index is 1.91. The van der Waals surface area contributed by atoms with Gasteiger partial charge in [-0.3, -0.25) is 0 Å². The standard InChI is InChI=1S/C18H28ClNO/c1-4-9-20-17(13(2)3)7-5-6-14-11-16(19)12-15-8-10-21-18(14)15/h11-13,17,20H,4-10H2,1-3H3. The lowest BCUT2D eigenvalue weighted by Crippen LogP contribution is -2.34. The van der Waals surface area contributed by atoms with E-state index in [0.717, 1.165) is 36.8 Å². The molecule has 0 aromatic heterocycles. The van der Waals surface area contributed by atoms with Gasteiger partial charge in [-0.1, -0.05) is 32.4 Å². The van der Waals surface area contributed by atoms with Crippen LogP contribution in [0.15, 0.2) is 12.1 Å².